The number of piperidine rings is 1. The van der Waals surface area contributed by atoms with Gasteiger partial charge in [-0.3, -0.25) is 4.79 Å². The number of hydrogen-bond acceptors (Lipinski definition) is 2. The summed E-state index contributed by atoms with van der Waals surface area (Å²) in [6.07, 6.45) is 3.52. The predicted molar refractivity (Wildman–Crippen MR) is 106 cm³/mol. The molecule has 3 nitrogen and oxygen atoms in total. The van der Waals surface area contributed by atoms with Crippen molar-refractivity contribution in [2.24, 2.45) is 23.7 Å². The molecule has 2 aliphatic heterocycles. The van der Waals surface area contributed by atoms with Gasteiger partial charge in [-0.2, -0.15) is 0 Å². The van der Waals surface area contributed by atoms with Gasteiger partial charge in [0.05, 0.1) is 0 Å². The van der Waals surface area contributed by atoms with Crippen LogP contribution in [0, 0.1) is 23.7 Å². The Morgan fingerprint density at radius 2 is 1.46 bits per heavy atom. The molecule has 0 aromatic heterocycles. The van der Waals surface area contributed by atoms with Crippen LogP contribution in [0.2, 0.25) is 0 Å². The zero-order valence-electron chi connectivity index (χ0n) is 16.5. The average Bonchev–Trinajstić information content (AvgIpc) is 2.61. The second-order valence-corrected chi connectivity index (χ2v) is 9.35. The Morgan fingerprint density at radius 3 is 1.75 bits per heavy atom. The van der Waals surface area contributed by atoms with Crippen molar-refractivity contribution in [3.8, 4) is 0 Å². The van der Waals surface area contributed by atoms with E-state index in [2.05, 4.69) is 72.6 Å². The van der Waals surface area contributed by atoms with Crippen LogP contribution in [0.25, 0.3) is 0 Å². The standard InChI is InChI=1S/C11H21N.C9H17NO.CH4/c1-8(2)10-6-7-11(4,5)12-9(10)3;1-6(2)7-5-9(3,4)10-8(7)11;/h8,10,12H,3,6-7H2,1-2,4-5H3;6-7H,5H2,1-4H3,(H,10,11);1H4. The monoisotopic (exact) mass is 338 g/mol. The maximum Gasteiger partial charge on any atom is 0.223 e. The van der Waals surface area contributed by atoms with Gasteiger partial charge in [-0.1, -0.05) is 41.7 Å². The van der Waals surface area contributed by atoms with Crippen molar-refractivity contribution < 1.29 is 4.79 Å². The first kappa shape index (κ1) is 23.0. The van der Waals surface area contributed by atoms with Gasteiger partial charge >= 0.3 is 0 Å². The third kappa shape index (κ3) is 6.49. The van der Waals surface area contributed by atoms with E-state index in [1.54, 1.807) is 0 Å². The minimum absolute atomic E-state index is 0. The average molecular weight is 339 g/mol. The molecule has 2 rings (SSSR count). The molecule has 3 heteroatoms. The van der Waals surface area contributed by atoms with E-state index in [9.17, 15) is 4.79 Å². The first-order valence-corrected chi connectivity index (χ1v) is 9.13. The van der Waals surface area contributed by atoms with E-state index >= 15 is 0 Å². The second-order valence-electron chi connectivity index (χ2n) is 9.35. The lowest BCUT2D eigenvalue weighted by Crippen LogP contribution is -2.45. The quantitative estimate of drug-likeness (QED) is 0.733. The fourth-order valence-electron chi connectivity index (χ4n) is 3.67. The molecule has 0 radical (unpaired) electrons. The van der Waals surface area contributed by atoms with E-state index in [0.29, 0.717) is 11.8 Å². The molecule has 24 heavy (non-hydrogen) atoms. The van der Waals surface area contributed by atoms with Crippen LogP contribution in [-0.4, -0.2) is 17.0 Å². The first-order chi connectivity index (χ1) is 10.3. The van der Waals surface area contributed by atoms with Crippen molar-refractivity contribution in [1.82, 2.24) is 10.6 Å². The Bertz CT molecular complexity index is 435. The van der Waals surface area contributed by atoms with Crippen LogP contribution in [0.4, 0.5) is 0 Å². The van der Waals surface area contributed by atoms with Crippen LogP contribution >= 0.6 is 0 Å². The summed E-state index contributed by atoms with van der Waals surface area (Å²) in [6, 6.07) is 0. The van der Waals surface area contributed by atoms with Gasteiger partial charge in [0.1, 0.15) is 0 Å². The molecule has 0 saturated carbocycles. The van der Waals surface area contributed by atoms with Crippen molar-refractivity contribution in [2.45, 2.75) is 93.2 Å². The van der Waals surface area contributed by atoms with Crippen molar-refractivity contribution in [3.05, 3.63) is 12.3 Å². The minimum Gasteiger partial charge on any atom is -0.384 e. The summed E-state index contributed by atoms with van der Waals surface area (Å²) in [5.41, 5.74) is 1.52. The lowest BCUT2D eigenvalue weighted by Gasteiger charge is -2.40. The topological polar surface area (TPSA) is 41.1 Å². The summed E-state index contributed by atoms with van der Waals surface area (Å²) in [7, 11) is 0. The number of rotatable bonds is 2. The first-order valence-electron chi connectivity index (χ1n) is 9.13. The highest BCUT2D eigenvalue weighted by atomic mass is 16.2. The molecule has 0 spiro atoms. The number of nitrogens with one attached hydrogen (secondary N) is 2. The molecule has 2 heterocycles. The molecule has 2 unspecified atom stereocenters. The number of hydrogen-bond donors (Lipinski definition) is 2. The Kier molecular flexibility index (Phi) is 8.05. The SMILES string of the molecule is C.C=C1NC(C)(C)CCC1C(C)C.CC(C)C1CC(C)(C)NC1=O. The molecule has 0 aliphatic carbocycles. The highest BCUT2D eigenvalue weighted by Crippen LogP contribution is 2.32. The molecule has 2 atom stereocenters. The molecule has 2 saturated heterocycles. The Labute approximate surface area is 151 Å². The summed E-state index contributed by atoms with van der Waals surface area (Å²) in [4.78, 5) is 11.3. The lowest BCUT2D eigenvalue weighted by atomic mass is 9.80. The normalized spacial score (nSPS) is 27.8. The van der Waals surface area contributed by atoms with Crippen molar-refractivity contribution >= 4 is 5.91 Å². The molecule has 0 aromatic rings. The van der Waals surface area contributed by atoms with E-state index in [-0.39, 0.29) is 30.3 Å². The van der Waals surface area contributed by atoms with Crippen LogP contribution in [0.3, 0.4) is 0 Å². The van der Waals surface area contributed by atoms with Crippen LogP contribution in [0.1, 0.15) is 82.1 Å². The van der Waals surface area contributed by atoms with E-state index in [0.717, 1.165) is 12.3 Å². The molecule has 142 valence electrons. The molecule has 2 fully saturated rings. The molecule has 0 aromatic carbocycles. The zero-order chi connectivity index (χ0) is 18.0. The fraction of sp³-hybridized carbons (Fsp3) is 0.857. The van der Waals surface area contributed by atoms with Crippen molar-refractivity contribution in [2.75, 3.05) is 0 Å². The lowest BCUT2D eigenvalue weighted by molar-refractivity contribution is -0.123. The van der Waals surface area contributed by atoms with Gasteiger partial charge in [-0.25, -0.2) is 0 Å². The molecule has 2 aliphatic rings. The summed E-state index contributed by atoms with van der Waals surface area (Å²) in [5, 5.41) is 6.48. The second kappa shape index (κ2) is 8.40. The van der Waals surface area contributed by atoms with Gasteiger partial charge < -0.3 is 10.6 Å². The summed E-state index contributed by atoms with van der Waals surface area (Å²) < 4.78 is 0. The van der Waals surface area contributed by atoms with E-state index in [4.69, 9.17) is 0 Å². The predicted octanol–water partition coefficient (Wildman–Crippen LogP) is 5.13. The highest BCUT2D eigenvalue weighted by Gasteiger charge is 2.38. The summed E-state index contributed by atoms with van der Waals surface area (Å²) in [5.74, 6) is 2.32. The third-order valence-corrected chi connectivity index (χ3v) is 5.16. The van der Waals surface area contributed by atoms with E-state index < -0.39 is 0 Å². The van der Waals surface area contributed by atoms with Gasteiger partial charge in [0.15, 0.2) is 0 Å². The van der Waals surface area contributed by atoms with Crippen molar-refractivity contribution in [3.63, 3.8) is 0 Å². The smallest absolute Gasteiger partial charge is 0.223 e. The van der Waals surface area contributed by atoms with Gasteiger partial charge in [-0.05, 0) is 58.8 Å². The van der Waals surface area contributed by atoms with Crippen molar-refractivity contribution in [1.29, 1.82) is 0 Å². The maximum absolute atomic E-state index is 11.3. The molecular weight excluding hydrogens is 296 g/mol. The van der Waals surface area contributed by atoms with Gasteiger partial charge in [0.25, 0.3) is 0 Å². The van der Waals surface area contributed by atoms with Gasteiger partial charge in [-0.15, -0.1) is 0 Å². The maximum atomic E-state index is 11.3. The van der Waals surface area contributed by atoms with Gasteiger partial charge in [0, 0.05) is 28.6 Å². The van der Waals surface area contributed by atoms with Gasteiger partial charge in [0.2, 0.25) is 5.91 Å². The number of carbonyl (C=O) groups excluding carboxylic acids is 1. The highest BCUT2D eigenvalue weighted by molar-refractivity contribution is 5.82. The largest absolute Gasteiger partial charge is 0.384 e. The van der Waals surface area contributed by atoms with Crippen LogP contribution in [0.15, 0.2) is 12.3 Å². The van der Waals surface area contributed by atoms with Crippen LogP contribution < -0.4 is 10.6 Å². The Morgan fingerprint density at radius 1 is 0.958 bits per heavy atom. The van der Waals surface area contributed by atoms with E-state index in [1.807, 2.05) is 0 Å². The Hall–Kier alpha value is -0.990. The Balaban J connectivity index is 0.000000425. The molecule has 0 bridgehead atoms. The summed E-state index contributed by atoms with van der Waals surface area (Å²) in [6.45, 7) is 21.5. The number of allylic oxidation sites excluding steroid dienone is 1. The zero-order valence-corrected chi connectivity index (χ0v) is 16.5. The van der Waals surface area contributed by atoms with Crippen LogP contribution in [-0.2, 0) is 4.79 Å². The molecule has 2 N–H and O–H groups in total. The summed E-state index contributed by atoms with van der Waals surface area (Å²) >= 11 is 0. The molecular formula is C21H42N2O. The number of carbonyl (C=O) groups is 1. The molecule has 1 amide bonds. The fourth-order valence-corrected chi connectivity index (χ4v) is 3.67. The number of amides is 1. The minimum atomic E-state index is 0. The van der Waals surface area contributed by atoms with E-state index in [1.165, 1.54) is 18.5 Å². The van der Waals surface area contributed by atoms with Crippen LogP contribution in [0.5, 0.6) is 0 Å². The third-order valence-electron chi connectivity index (χ3n) is 5.16.